The van der Waals surface area contributed by atoms with E-state index < -0.39 is 12.0 Å². The standard InChI is InChI=1S/C17H19ClN2O3/c18-13-6-8-14(9-7-13)20-17(23)15(10-16(21)22)19-11-12-4-2-1-3-5-12/h1-6,8,15,19H,7,9-11H2,(H,20,23)(H,21,22). The second-order valence-electron chi connectivity index (χ2n) is 5.31. The summed E-state index contributed by atoms with van der Waals surface area (Å²) in [6, 6.07) is 8.73. The lowest BCUT2D eigenvalue weighted by Crippen LogP contribution is -2.45. The predicted octanol–water partition coefficient (Wildman–Crippen LogP) is 2.54. The number of carboxylic acid groups (broad SMARTS) is 1. The van der Waals surface area contributed by atoms with E-state index in [2.05, 4.69) is 10.6 Å². The maximum Gasteiger partial charge on any atom is 0.305 e. The fraction of sp³-hybridized carbons (Fsp3) is 0.294. The number of carbonyl (C=O) groups excluding carboxylic acids is 1. The molecule has 1 amide bonds. The van der Waals surface area contributed by atoms with E-state index in [9.17, 15) is 9.59 Å². The normalized spacial score (nSPS) is 15.3. The Hall–Kier alpha value is -2.11. The fourth-order valence-electron chi connectivity index (χ4n) is 2.23. The fourth-order valence-corrected chi connectivity index (χ4v) is 2.39. The lowest BCUT2D eigenvalue weighted by molar-refractivity contribution is -0.139. The molecule has 23 heavy (non-hydrogen) atoms. The molecule has 0 radical (unpaired) electrons. The first-order valence-electron chi connectivity index (χ1n) is 7.40. The lowest BCUT2D eigenvalue weighted by Gasteiger charge is -2.19. The van der Waals surface area contributed by atoms with Gasteiger partial charge in [0.05, 0.1) is 12.5 Å². The minimum Gasteiger partial charge on any atom is -0.481 e. The Morgan fingerprint density at radius 3 is 2.52 bits per heavy atom. The summed E-state index contributed by atoms with van der Waals surface area (Å²) in [7, 11) is 0. The van der Waals surface area contributed by atoms with Gasteiger partial charge < -0.3 is 15.7 Å². The molecule has 0 spiro atoms. The summed E-state index contributed by atoms with van der Waals surface area (Å²) in [6.45, 7) is 0.428. The Bertz CT molecular complexity index is 626. The molecule has 1 aromatic carbocycles. The van der Waals surface area contributed by atoms with Crippen LogP contribution in [0.25, 0.3) is 0 Å². The first kappa shape index (κ1) is 17.2. The zero-order valence-electron chi connectivity index (χ0n) is 12.6. The Balaban J connectivity index is 1.96. The number of hydrogen-bond donors (Lipinski definition) is 3. The van der Waals surface area contributed by atoms with Crippen LogP contribution in [0.4, 0.5) is 0 Å². The third-order valence-electron chi connectivity index (χ3n) is 3.47. The second kappa shape index (κ2) is 8.50. The SMILES string of the molecule is O=C(O)CC(NCc1ccccc1)C(=O)NC1=CC=C(Cl)CC1. The van der Waals surface area contributed by atoms with Gasteiger partial charge in [-0.15, -0.1) is 0 Å². The maximum absolute atomic E-state index is 12.3. The zero-order chi connectivity index (χ0) is 16.7. The van der Waals surface area contributed by atoms with Crippen molar-refractivity contribution in [2.75, 3.05) is 0 Å². The molecule has 1 aliphatic rings. The van der Waals surface area contributed by atoms with Crippen LogP contribution in [-0.2, 0) is 16.1 Å². The molecule has 1 aliphatic carbocycles. The van der Waals surface area contributed by atoms with Crippen molar-refractivity contribution in [1.82, 2.24) is 10.6 Å². The zero-order valence-corrected chi connectivity index (χ0v) is 13.3. The van der Waals surface area contributed by atoms with Crippen LogP contribution >= 0.6 is 11.6 Å². The minimum absolute atomic E-state index is 0.275. The smallest absolute Gasteiger partial charge is 0.305 e. The molecule has 3 N–H and O–H groups in total. The van der Waals surface area contributed by atoms with Gasteiger partial charge in [0, 0.05) is 17.3 Å². The first-order valence-corrected chi connectivity index (χ1v) is 7.77. The monoisotopic (exact) mass is 334 g/mol. The average Bonchev–Trinajstić information content (AvgIpc) is 2.54. The van der Waals surface area contributed by atoms with Crippen LogP contribution < -0.4 is 10.6 Å². The topological polar surface area (TPSA) is 78.4 Å². The quantitative estimate of drug-likeness (QED) is 0.716. The number of hydrogen-bond acceptors (Lipinski definition) is 3. The summed E-state index contributed by atoms with van der Waals surface area (Å²) < 4.78 is 0. The van der Waals surface area contributed by atoms with Crippen LogP contribution in [0, 0.1) is 0 Å². The van der Waals surface area contributed by atoms with Crippen LogP contribution in [-0.4, -0.2) is 23.0 Å². The van der Waals surface area contributed by atoms with E-state index in [0.29, 0.717) is 19.4 Å². The largest absolute Gasteiger partial charge is 0.481 e. The van der Waals surface area contributed by atoms with Gasteiger partial charge in [-0.3, -0.25) is 9.59 Å². The molecular formula is C17H19ClN2O3. The highest BCUT2D eigenvalue weighted by Crippen LogP contribution is 2.19. The number of amides is 1. The molecule has 1 unspecified atom stereocenters. The van der Waals surface area contributed by atoms with Crippen molar-refractivity contribution in [2.24, 2.45) is 0 Å². The van der Waals surface area contributed by atoms with Gasteiger partial charge in [0.1, 0.15) is 0 Å². The molecule has 6 heteroatoms. The highest BCUT2D eigenvalue weighted by Gasteiger charge is 2.22. The molecule has 0 saturated carbocycles. The van der Waals surface area contributed by atoms with Crippen LogP contribution in [0.1, 0.15) is 24.8 Å². The number of rotatable bonds is 7. The molecule has 0 bridgehead atoms. The predicted molar refractivity (Wildman–Crippen MR) is 88.7 cm³/mol. The number of carboxylic acids is 1. The van der Waals surface area contributed by atoms with E-state index >= 15 is 0 Å². The summed E-state index contributed by atoms with van der Waals surface area (Å²) in [6.07, 6.45) is 4.53. The Morgan fingerprint density at radius 1 is 1.17 bits per heavy atom. The van der Waals surface area contributed by atoms with Crippen LogP contribution in [0.2, 0.25) is 0 Å². The Kier molecular flexibility index (Phi) is 6.38. The van der Waals surface area contributed by atoms with Gasteiger partial charge in [0.2, 0.25) is 5.91 Å². The summed E-state index contributed by atoms with van der Waals surface area (Å²) in [4.78, 5) is 23.3. The van der Waals surface area contributed by atoms with Gasteiger partial charge in [-0.05, 0) is 30.6 Å². The van der Waals surface area contributed by atoms with Crippen molar-refractivity contribution in [3.63, 3.8) is 0 Å². The molecule has 1 aromatic rings. The maximum atomic E-state index is 12.3. The van der Waals surface area contributed by atoms with Crippen molar-refractivity contribution in [3.8, 4) is 0 Å². The van der Waals surface area contributed by atoms with E-state index in [4.69, 9.17) is 16.7 Å². The minimum atomic E-state index is -1.02. The summed E-state index contributed by atoms with van der Waals surface area (Å²) >= 11 is 5.88. The Morgan fingerprint density at radius 2 is 1.91 bits per heavy atom. The third-order valence-corrected chi connectivity index (χ3v) is 3.79. The molecule has 0 aliphatic heterocycles. The molecule has 1 atom stereocenters. The molecule has 0 fully saturated rings. The molecular weight excluding hydrogens is 316 g/mol. The average molecular weight is 335 g/mol. The van der Waals surface area contributed by atoms with Gasteiger partial charge in [-0.2, -0.15) is 0 Å². The molecule has 122 valence electrons. The number of carbonyl (C=O) groups is 2. The van der Waals surface area contributed by atoms with E-state index in [0.717, 1.165) is 16.3 Å². The van der Waals surface area contributed by atoms with Crippen LogP contribution in [0.5, 0.6) is 0 Å². The highest BCUT2D eigenvalue weighted by molar-refractivity contribution is 6.29. The van der Waals surface area contributed by atoms with Crippen molar-refractivity contribution in [3.05, 3.63) is 58.8 Å². The van der Waals surface area contributed by atoms with Gasteiger partial charge in [0.25, 0.3) is 0 Å². The van der Waals surface area contributed by atoms with Gasteiger partial charge in [-0.25, -0.2) is 0 Å². The molecule has 5 nitrogen and oxygen atoms in total. The highest BCUT2D eigenvalue weighted by atomic mass is 35.5. The van der Waals surface area contributed by atoms with Crippen molar-refractivity contribution < 1.29 is 14.7 Å². The number of aliphatic carboxylic acids is 1. The molecule has 0 saturated heterocycles. The van der Waals surface area contributed by atoms with E-state index in [1.807, 2.05) is 30.3 Å². The summed E-state index contributed by atoms with van der Waals surface area (Å²) in [5, 5.41) is 15.5. The number of nitrogens with one attached hydrogen (secondary N) is 2. The van der Waals surface area contributed by atoms with Gasteiger partial charge in [-0.1, -0.05) is 41.9 Å². The van der Waals surface area contributed by atoms with Crippen molar-refractivity contribution >= 4 is 23.5 Å². The summed E-state index contributed by atoms with van der Waals surface area (Å²) in [5.41, 5.74) is 1.73. The number of halogens is 1. The molecule has 0 aromatic heterocycles. The van der Waals surface area contributed by atoms with Crippen molar-refractivity contribution in [1.29, 1.82) is 0 Å². The molecule has 2 rings (SSSR count). The van der Waals surface area contributed by atoms with E-state index in [1.165, 1.54) is 0 Å². The van der Waals surface area contributed by atoms with Crippen molar-refractivity contribution in [2.45, 2.75) is 31.8 Å². The van der Waals surface area contributed by atoms with Gasteiger partial charge >= 0.3 is 5.97 Å². The second-order valence-corrected chi connectivity index (χ2v) is 5.80. The Labute approximate surface area is 140 Å². The van der Waals surface area contributed by atoms with Gasteiger partial charge in [0.15, 0.2) is 0 Å². The molecule has 0 heterocycles. The van der Waals surface area contributed by atoms with Crippen LogP contribution in [0.15, 0.2) is 53.2 Å². The summed E-state index contributed by atoms with van der Waals surface area (Å²) in [5.74, 6) is -1.37. The van der Waals surface area contributed by atoms with Crippen LogP contribution in [0.3, 0.4) is 0 Å². The first-order chi connectivity index (χ1) is 11.0. The van der Waals surface area contributed by atoms with E-state index in [1.54, 1.807) is 12.2 Å². The lowest BCUT2D eigenvalue weighted by atomic mass is 10.1. The third kappa shape index (κ3) is 5.88. The number of benzene rings is 1. The van der Waals surface area contributed by atoms with E-state index in [-0.39, 0.29) is 12.3 Å². The number of allylic oxidation sites excluding steroid dienone is 4.